The van der Waals surface area contributed by atoms with Crippen LogP contribution in [-0.2, 0) is 13.0 Å². The lowest BCUT2D eigenvalue weighted by atomic mass is 9.96. The van der Waals surface area contributed by atoms with Crippen molar-refractivity contribution in [1.82, 2.24) is 29.7 Å². The van der Waals surface area contributed by atoms with E-state index in [1.54, 1.807) is 23.2 Å². The van der Waals surface area contributed by atoms with E-state index in [9.17, 15) is 4.79 Å². The van der Waals surface area contributed by atoms with Crippen LogP contribution < -0.4 is 5.73 Å². The van der Waals surface area contributed by atoms with Crippen LogP contribution in [0.3, 0.4) is 0 Å². The molecule has 196 valence electrons. The van der Waals surface area contributed by atoms with Gasteiger partial charge in [-0.25, -0.2) is 24.3 Å². The summed E-state index contributed by atoms with van der Waals surface area (Å²) in [6.45, 7) is 8.71. The number of nitrogens with two attached hydrogens (primary N) is 1. The third-order valence-corrected chi connectivity index (χ3v) is 6.90. The summed E-state index contributed by atoms with van der Waals surface area (Å²) < 4.78 is 21.0. The molecule has 0 radical (unpaired) electrons. The fourth-order valence-electron chi connectivity index (χ4n) is 4.68. The minimum atomic E-state index is -0.585. The lowest BCUT2D eigenvalue weighted by Gasteiger charge is -2.34. The molecule has 2 N–H and O–H groups in total. The molecule has 1 aromatic carbocycles. The number of aromatic nitrogens is 4. The molecule has 5 rings (SSSR count). The normalized spacial score (nSPS) is 14.2. The first-order chi connectivity index (χ1) is 18.3. The van der Waals surface area contributed by atoms with Crippen molar-refractivity contribution in [3.05, 3.63) is 77.3 Å². The SMILES string of the molecule is CCc1ncnc(-c2ccc(C(=O)N3CCN(Cc4nc(C)c(C)o4)CC3)c(F)c2)c1-c1ccc(N)nc1. The second kappa shape index (κ2) is 10.7. The van der Waals surface area contributed by atoms with Crippen molar-refractivity contribution in [2.24, 2.45) is 0 Å². The van der Waals surface area contributed by atoms with Gasteiger partial charge in [0.05, 0.1) is 29.2 Å². The van der Waals surface area contributed by atoms with Crippen LogP contribution in [0.2, 0.25) is 0 Å². The van der Waals surface area contributed by atoms with E-state index in [0.29, 0.717) is 62.1 Å². The Morgan fingerprint density at radius 3 is 2.45 bits per heavy atom. The van der Waals surface area contributed by atoms with Crippen molar-refractivity contribution in [3.63, 3.8) is 0 Å². The third-order valence-electron chi connectivity index (χ3n) is 6.90. The molecule has 1 saturated heterocycles. The van der Waals surface area contributed by atoms with E-state index in [4.69, 9.17) is 10.2 Å². The van der Waals surface area contributed by atoms with Crippen molar-refractivity contribution in [2.45, 2.75) is 33.7 Å². The lowest BCUT2D eigenvalue weighted by molar-refractivity contribution is 0.0613. The van der Waals surface area contributed by atoms with Crippen LogP contribution in [0.5, 0.6) is 0 Å². The summed E-state index contributed by atoms with van der Waals surface area (Å²) >= 11 is 0. The van der Waals surface area contributed by atoms with Crippen LogP contribution in [0.15, 0.2) is 47.3 Å². The number of nitrogen functional groups attached to an aromatic ring is 1. The number of hydrogen-bond acceptors (Lipinski definition) is 8. The number of amides is 1. The average molecular weight is 516 g/mol. The number of halogens is 1. The van der Waals surface area contributed by atoms with E-state index >= 15 is 4.39 Å². The summed E-state index contributed by atoms with van der Waals surface area (Å²) in [6.07, 6.45) is 3.80. The van der Waals surface area contributed by atoms with Crippen LogP contribution in [0.25, 0.3) is 22.4 Å². The summed E-state index contributed by atoms with van der Waals surface area (Å²) in [5.74, 6) is 0.988. The monoisotopic (exact) mass is 515 g/mol. The van der Waals surface area contributed by atoms with Gasteiger partial charge in [-0.15, -0.1) is 0 Å². The number of oxazole rings is 1. The van der Waals surface area contributed by atoms with Gasteiger partial charge in [0.15, 0.2) is 0 Å². The maximum atomic E-state index is 15.4. The van der Waals surface area contributed by atoms with Gasteiger partial charge in [-0.3, -0.25) is 9.69 Å². The van der Waals surface area contributed by atoms with Crippen LogP contribution in [0.1, 0.15) is 40.3 Å². The van der Waals surface area contributed by atoms with Crippen LogP contribution >= 0.6 is 0 Å². The highest BCUT2D eigenvalue weighted by Gasteiger charge is 2.26. The number of hydrogen-bond donors (Lipinski definition) is 1. The van der Waals surface area contributed by atoms with Gasteiger partial charge in [0.2, 0.25) is 5.89 Å². The molecular weight excluding hydrogens is 485 g/mol. The molecule has 0 spiro atoms. The van der Waals surface area contributed by atoms with E-state index in [1.807, 2.05) is 26.8 Å². The first kappa shape index (κ1) is 25.5. The minimum absolute atomic E-state index is 0.0432. The topological polar surface area (TPSA) is 114 Å². The maximum Gasteiger partial charge on any atom is 0.256 e. The zero-order chi connectivity index (χ0) is 26.8. The quantitative estimate of drug-likeness (QED) is 0.409. The Kier molecular flexibility index (Phi) is 7.15. The molecule has 4 heterocycles. The van der Waals surface area contributed by atoms with Gasteiger partial charge >= 0.3 is 0 Å². The summed E-state index contributed by atoms with van der Waals surface area (Å²) in [5, 5.41) is 0. The number of nitrogens with zero attached hydrogens (tertiary/aromatic N) is 6. The van der Waals surface area contributed by atoms with Gasteiger partial charge in [0.1, 0.15) is 23.7 Å². The van der Waals surface area contributed by atoms with Crippen molar-refractivity contribution in [2.75, 3.05) is 31.9 Å². The Balaban J connectivity index is 1.33. The first-order valence-corrected chi connectivity index (χ1v) is 12.6. The molecule has 4 aromatic rings. The Hall–Kier alpha value is -4.18. The molecule has 3 aromatic heterocycles. The molecule has 9 nitrogen and oxygen atoms in total. The van der Waals surface area contributed by atoms with E-state index < -0.39 is 5.82 Å². The van der Waals surface area contributed by atoms with Crippen molar-refractivity contribution in [1.29, 1.82) is 0 Å². The average Bonchev–Trinajstić information content (AvgIpc) is 3.24. The van der Waals surface area contributed by atoms with E-state index in [2.05, 4.69) is 24.8 Å². The Morgan fingerprint density at radius 2 is 1.82 bits per heavy atom. The van der Waals surface area contributed by atoms with Crippen molar-refractivity contribution < 1.29 is 13.6 Å². The van der Waals surface area contributed by atoms with Crippen LogP contribution in [-0.4, -0.2) is 61.8 Å². The zero-order valence-electron chi connectivity index (χ0n) is 21.7. The van der Waals surface area contributed by atoms with E-state index in [-0.39, 0.29) is 11.5 Å². The third kappa shape index (κ3) is 5.12. The highest BCUT2D eigenvalue weighted by molar-refractivity contribution is 5.95. The molecular formula is C28H30FN7O2. The fraction of sp³-hybridized carbons (Fsp3) is 0.321. The number of benzene rings is 1. The van der Waals surface area contributed by atoms with Gasteiger partial charge in [-0.1, -0.05) is 13.0 Å². The van der Waals surface area contributed by atoms with Gasteiger partial charge < -0.3 is 15.1 Å². The Morgan fingerprint density at radius 1 is 1.05 bits per heavy atom. The second-order valence-electron chi connectivity index (χ2n) is 9.38. The van der Waals surface area contributed by atoms with Gasteiger partial charge in [-0.05, 0) is 44.5 Å². The fourth-order valence-corrected chi connectivity index (χ4v) is 4.68. The molecule has 0 aliphatic carbocycles. The first-order valence-electron chi connectivity index (χ1n) is 12.6. The van der Waals surface area contributed by atoms with Crippen molar-refractivity contribution in [3.8, 4) is 22.4 Å². The number of carbonyl (C=O) groups is 1. The molecule has 10 heteroatoms. The molecule has 1 fully saturated rings. The molecule has 0 saturated carbocycles. The smallest absolute Gasteiger partial charge is 0.256 e. The Bertz CT molecular complexity index is 1440. The number of pyridine rings is 1. The van der Waals surface area contributed by atoms with Crippen LogP contribution in [0.4, 0.5) is 10.2 Å². The maximum absolute atomic E-state index is 15.4. The largest absolute Gasteiger partial charge is 0.444 e. The highest BCUT2D eigenvalue weighted by Crippen LogP contribution is 2.33. The highest BCUT2D eigenvalue weighted by atomic mass is 19.1. The molecule has 0 bridgehead atoms. The molecule has 1 aliphatic rings. The summed E-state index contributed by atoms with van der Waals surface area (Å²) in [6, 6.07) is 8.20. The standard InChI is InChI=1S/C28H30FN7O2/c1-4-23-26(20-6-8-24(30)31-14-20)27(33-16-32-23)19-5-7-21(22(29)13-19)28(37)36-11-9-35(10-12-36)15-25-34-17(2)18(3)38-25/h5-8,13-14,16H,4,9-12,15H2,1-3H3,(H2,30,31). The number of carbonyl (C=O) groups excluding carboxylic acids is 1. The van der Waals surface area contributed by atoms with Crippen molar-refractivity contribution >= 4 is 11.7 Å². The molecule has 0 atom stereocenters. The summed E-state index contributed by atoms with van der Waals surface area (Å²) in [4.78, 5) is 34.6. The molecule has 0 unspecified atom stereocenters. The number of aryl methyl sites for hydroxylation is 3. The molecule has 1 amide bonds. The van der Waals surface area contributed by atoms with Gasteiger partial charge in [-0.2, -0.15) is 0 Å². The van der Waals surface area contributed by atoms with E-state index in [1.165, 1.54) is 18.5 Å². The van der Waals surface area contributed by atoms with Gasteiger partial charge in [0, 0.05) is 49.1 Å². The van der Waals surface area contributed by atoms with Crippen LogP contribution in [0, 0.1) is 19.7 Å². The Labute approximate surface area is 220 Å². The zero-order valence-corrected chi connectivity index (χ0v) is 21.7. The number of anilines is 1. The summed E-state index contributed by atoms with van der Waals surface area (Å²) in [7, 11) is 0. The number of piperazine rings is 1. The van der Waals surface area contributed by atoms with E-state index in [0.717, 1.165) is 28.3 Å². The number of rotatable bonds is 6. The molecule has 38 heavy (non-hydrogen) atoms. The summed E-state index contributed by atoms with van der Waals surface area (Å²) in [5.41, 5.74) is 10.2. The second-order valence-corrected chi connectivity index (χ2v) is 9.38. The minimum Gasteiger partial charge on any atom is -0.444 e. The predicted octanol–water partition coefficient (Wildman–Crippen LogP) is 4.05. The van der Waals surface area contributed by atoms with Gasteiger partial charge in [0.25, 0.3) is 5.91 Å². The lowest BCUT2D eigenvalue weighted by Crippen LogP contribution is -2.48. The molecule has 1 aliphatic heterocycles. The predicted molar refractivity (Wildman–Crippen MR) is 142 cm³/mol.